The van der Waals surface area contributed by atoms with Crippen molar-refractivity contribution in [3.05, 3.63) is 0 Å². The Bertz CT molecular complexity index is 138. The van der Waals surface area contributed by atoms with Crippen molar-refractivity contribution in [2.75, 3.05) is 52.4 Å². The van der Waals surface area contributed by atoms with Gasteiger partial charge in [0.15, 0.2) is 9.04 Å². The van der Waals surface area contributed by atoms with Crippen LogP contribution in [0.2, 0.25) is 13.1 Å². The number of hydrogen-bond donors (Lipinski definition) is 4. The predicted octanol–water partition coefficient (Wildman–Crippen LogP) is -1.29. The maximum atomic E-state index is 5.55. The summed E-state index contributed by atoms with van der Waals surface area (Å²) in [6.07, 6.45) is 0. The Morgan fingerprint density at radius 1 is 0.875 bits per heavy atom. The Balaban J connectivity index is 2.88. The average Bonchev–Trinajstić information content (AvgIpc) is 2.25. The van der Waals surface area contributed by atoms with Crippen molar-refractivity contribution >= 4 is 9.04 Å². The van der Waals surface area contributed by atoms with E-state index in [0.29, 0.717) is 6.54 Å². The molecule has 0 aromatic rings. The molecule has 0 rings (SSSR count). The molecule has 0 aliphatic heterocycles. The molecule has 6 heteroatoms. The van der Waals surface area contributed by atoms with Gasteiger partial charge in [0.1, 0.15) is 0 Å². The van der Waals surface area contributed by atoms with Gasteiger partial charge in [-0.05, 0) is 13.1 Å². The Morgan fingerprint density at radius 3 is 1.88 bits per heavy atom. The SMILES string of the molecule is C[SiH](C)OCCNCCNCCNCCN. The van der Waals surface area contributed by atoms with Crippen LogP contribution >= 0.6 is 0 Å². The lowest BCUT2D eigenvalue weighted by Crippen LogP contribution is -2.35. The molecule has 16 heavy (non-hydrogen) atoms. The van der Waals surface area contributed by atoms with Crippen molar-refractivity contribution in [2.45, 2.75) is 13.1 Å². The minimum absolute atomic E-state index is 0.709. The van der Waals surface area contributed by atoms with Gasteiger partial charge in [0.25, 0.3) is 0 Å². The highest BCUT2D eigenvalue weighted by Crippen LogP contribution is 1.80. The first-order valence-electron chi connectivity index (χ1n) is 6.21. The fourth-order valence-electron chi connectivity index (χ4n) is 1.20. The monoisotopic (exact) mass is 248 g/mol. The van der Waals surface area contributed by atoms with Gasteiger partial charge in [-0.3, -0.25) is 0 Å². The molecular weight excluding hydrogens is 220 g/mol. The van der Waals surface area contributed by atoms with Crippen molar-refractivity contribution in [1.82, 2.24) is 16.0 Å². The van der Waals surface area contributed by atoms with E-state index in [9.17, 15) is 0 Å². The molecule has 5 N–H and O–H groups in total. The molecule has 0 saturated heterocycles. The molecule has 0 aliphatic rings. The molecule has 0 spiro atoms. The Hall–Kier alpha value is 0.0169. The lowest BCUT2D eigenvalue weighted by molar-refractivity contribution is 0.322. The molecule has 0 aliphatic carbocycles. The van der Waals surface area contributed by atoms with E-state index in [0.717, 1.165) is 45.9 Å². The van der Waals surface area contributed by atoms with Crippen LogP contribution in [0, 0.1) is 0 Å². The molecule has 0 radical (unpaired) electrons. The van der Waals surface area contributed by atoms with E-state index in [-0.39, 0.29) is 0 Å². The summed E-state index contributed by atoms with van der Waals surface area (Å²) >= 11 is 0. The van der Waals surface area contributed by atoms with E-state index in [1.165, 1.54) is 0 Å². The Kier molecular flexibility index (Phi) is 13.1. The summed E-state index contributed by atoms with van der Waals surface area (Å²) in [5.74, 6) is 0. The van der Waals surface area contributed by atoms with Gasteiger partial charge in [0, 0.05) is 52.4 Å². The molecule has 0 fully saturated rings. The topological polar surface area (TPSA) is 71.3 Å². The summed E-state index contributed by atoms with van der Waals surface area (Å²) in [4.78, 5) is 0. The van der Waals surface area contributed by atoms with Crippen LogP contribution in [0.15, 0.2) is 0 Å². The van der Waals surface area contributed by atoms with Crippen molar-refractivity contribution in [1.29, 1.82) is 0 Å². The van der Waals surface area contributed by atoms with Crippen molar-refractivity contribution in [3.8, 4) is 0 Å². The zero-order valence-corrected chi connectivity index (χ0v) is 11.9. The number of nitrogens with one attached hydrogen (secondary N) is 3. The van der Waals surface area contributed by atoms with Crippen LogP contribution in [0.3, 0.4) is 0 Å². The van der Waals surface area contributed by atoms with Crippen molar-refractivity contribution < 1.29 is 4.43 Å². The first-order chi connectivity index (χ1) is 7.77. The molecule has 0 aromatic heterocycles. The third-order valence-electron chi connectivity index (χ3n) is 2.01. The lowest BCUT2D eigenvalue weighted by Gasteiger charge is -2.09. The molecule has 0 atom stereocenters. The Morgan fingerprint density at radius 2 is 1.38 bits per heavy atom. The Labute approximate surface area is 101 Å². The van der Waals surface area contributed by atoms with Gasteiger partial charge in [-0.25, -0.2) is 0 Å². The molecule has 0 saturated carbocycles. The van der Waals surface area contributed by atoms with E-state index in [4.69, 9.17) is 10.2 Å². The van der Waals surface area contributed by atoms with Gasteiger partial charge < -0.3 is 26.1 Å². The largest absolute Gasteiger partial charge is 0.419 e. The van der Waals surface area contributed by atoms with Gasteiger partial charge in [0.2, 0.25) is 0 Å². The highest BCUT2D eigenvalue weighted by atomic mass is 28.3. The molecule has 0 bridgehead atoms. The highest BCUT2D eigenvalue weighted by Gasteiger charge is 1.93. The summed E-state index contributed by atoms with van der Waals surface area (Å²) < 4.78 is 5.55. The smallest absolute Gasteiger partial charge is 0.170 e. The van der Waals surface area contributed by atoms with Gasteiger partial charge >= 0.3 is 0 Å². The maximum Gasteiger partial charge on any atom is 0.170 e. The van der Waals surface area contributed by atoms with E-state index in [2.05, 4.69) is 29.0 Å². The first kappa shape index (κ1) is 16.0. The fourth-order valence-corrected chi connectivity index (χ4v) is 1.79. The summed E-state index contributed by atoms with van der Waals surface area (Å²) in [6, 6.07) is 0. The molecule has 5 nitrogen and oxygen atoms in total. The third-order valence-corrected chi connectivity index (χ3v) is 2.91. The quantitative estimate of drug-likeness (QED) is 0.256. The second kappa shape index (κ2) is 13.1. The number of nitrogens with two attached hydrogens (primary N) is 1. The summed E-state index contributed by atoms with van der Waals surface area (Å²) in [5, 5.41) is 9.92. The van der Waals surface area contributed by atoms with Crippen LogP contribution in [0.25, 0.3) is 0 Å². The van der Waals surface area contributed by atoms with Crippen LogP contribution in [-0.4, -0.2) is 61.5 Å². The maximum absolute atomic E-state index is 5.55. The second-order valence-corrected chi connectivity index (χ2v) is 6.39. The number of hydrogen-bond acceptors (Lipinski definition) is 5. The van der Waals surface area contributed by atoms with Crippen LogP contribution in [0.4, 0.5) is 0 Å². The third kappa shape index (κ3) is 14.0. The zero-order valence-electron chi connectivity index (χ0n) is 10.7. The molecule has 0 amide bonds. The van der Waals surface area contributed by atoms with E-state index >= 15 is 0 Å². The molecule has 0 heterocycles. The fraction of sp³-hybridized carbons (Fsp3) is 1.00. The minimum Gasteiger partial charge on any atom is -0.419 e. The molecule has 0 aromatic carbocycles. The van der Waals surface area contributed by atoms with Crippen molar-refractivity contribution in [3.63, 3.8) is 0 Å². The van der Waals surface area contributed by atoms with Crippen molar-refractivity contribution in [2.24, 2.45) is 5.73 Å². The highest BCUT2D eigenvalue weighted by molar-refractivity contribution is 6.48. The summed E-state index contributed by atoms with van der Waals surface area (Å²) in [5.41, 5.74) is 5.36. The van der Waals surface area contributed by atoms with Gasteiger partial charge in [0.05, 0.1) is 0 Å². The predicted molar refractivity (Wildman–Crippen MR) is 72.5 cm³/mol. The molecular formula is C10H28N4OSi. The molecule has 98 valence electrons. The first-order valence-corrected chi connectivity index (χ1v) is 8.99. The van der Waals surface area contributed by atoms with E-state index in [1.807, 2.05) is 0 Å². The summed E-state index contributed by atoms with van der Waals surface area (Å²) in [7, 11) is -0.826. The summed E-state index contributed by atoms with van der Waals surface area (Å²) in [6.45, 7) is 11.8. The van der Waals surface area contributed by atoms with Crippen LogP contribution < -0.4 is 21.7 Å². The normalized spacial score (nSPS) is 11.2. The lowest BCUT2D eigenvalue weighted by atomic mass is 10.5. The van der Waals surface area contributed by atoms with Crippen LogP contribution in [0.1, 0.15) is 0 Å². The van der Waals surface area contributed by atoms with Gasteiger partial charge in [-0.15, -0.1) is 0 Å². The second-order valence-electron chi connectivity index (χ2n) is 3.96. The van der Waals surface area contributed by atoms with Gasteiger partial charge in [-0.1, -0.05) is 0 Å². The van der Waals surface area contributed by atoms with E-state index in [1.54, 1.807) is 0 Å². The zero-order chi connectivity index (χ0) is 12.1. The van der Waals surface area contributed by atoms with Crippen LogP contribution in [0.5, 0.6) is 0 Å². The average molecular weight is 248 g/mol. The number of rotatable bonds is 12. The molecule has 0 unspecified atom stereocenters. The van der Waals surface area contributed by atoms with Gasteiger partial charge in [-0.2, -0.15) is 0 Å². The van der Waals surface area contributed by atoms with Crippen LogP contribution in [-0.2, 0) is 4.43 Å². The standard InChI is InChI=1S/C10H28N4OSi/c1-16(2)15-10-9-14-8-7-13-6-5-12-4-3-11/h12-14,16H,3-11H2,1-2H3. The van der Waals surface area contributed by atoms with E-state index < -0.39 is 9.04 Å². The minimum atomic E-state index is -0.826.